The highest BCUT2D eigenvalue weighted by atomic mass is 16.6. The summed E-state index contributed by atoms with van der Waals surface area (Å²) in [7, 11) is 2.77. The molecule has 1 aromatic carbocycles. The van der Waals surface area contributed by atoms with E-state index < -0.39 is 0 Å². The maximum absolute atomic E-state index is 12.9. The smallest absolute Gasteiger partial charge is 0.314 e. The van der Waals surface area contributed by atoms with Gasteiger partial charge in [0.15, 0.2) is 0 Å². The molecule has 0 amide bonds. The van der Waals surface area contributed by atoms with Gasteiger partial charge in [0.1, 0.15) is 23.7 Å². The van der Waals surface area contributed by atoms with Gasteiger partial charge in [0.25, 0.3) is 0 Å². The lowest BCUT2D eigenvalue weighted by atomic mass is 9.82. The van der Waals surface area contributed by atoms with Crippen LogP contribution in [0.15, 0.2) is 24.3 Å². The van der Waals surface area contributed by atoms with E-state index in [-0.39, 0.29) is 83.5 Å². The number of hydrogen-bond donors (Lipinski definition) is 0. The molecule has 0 atom stereocenters. The molecular formula is C38H50O12. The monoisotopic (exact) mass is 698 g/mol. The van der Waals surface area contributed by atoms with Gasteiger partial charge in [-0.25, -0.2) is 0 Å². The summed E-state index contributed by atoms with van der Waals surface area (Å²) >= 11 is 0. The van der Waals surface area contributed by atoms with E-state index >= 15 is 0 Å². The SMILES string of the molecule is COC(=O)C1CCC(OC(=O)C2CCC(C(=O)Oc3ccc(OC(=O)C4CCC(C(=O)OC5CCC(C(=O)OC)CC5)CC4)cc3)CC2)CC1. The molecule has 0 heterocycles. The summed E-state index contributed by atoms with van der Waals surface area (Å²) < 4.78 is 32.3. The second-order valence-corrected chi connectivity index (χ2v) is 14.3. The summed E-state index contributed by atoms with van der Waals surface area (Å²) in [6.45, 7) is 0. The minimum atomic E-state index is -0.355. The van der Waals surface area contributed by atoms with E-state index in [2.05, 4.69) is 0 Å². The van der Waals surface area contributed by atoms with Gasteiger partial charge in [-0.3, -0.25) is 28.8 Å². The Morgan fingerprint density at radius 1 is 0.380 bits per heavy atom. The van der Waals surface area contributed by atoms with Gasteiger partial charge in [0.2, 0.25) is 0 Å². The van der Waals surface area contributed by atoms with E-state index in [1.54, 1.807) is 24.3 Å². The maximum Gasteiger partial charge on any atom is 0.314 e. The number of hydrogen-bond acceptors (Lipinski definition) is 12. The lowest BCUT2D eigenvalue weighted by molar-refractivity contribution is -0.161. The highest BCUT2D eigenvalue weighted by Crippen LogP contribution is 2.35. The highest BCUT2D eigenvalue weighted by Gasteiger charge is 2.36. The molecule has 0 saturated heterocycles. The van der Waals surface area contributed by atoms with Crippen LogP contribution in [0.2, 0.25) is 0 Å². The maximum atomic E-state index is 12.9. The van der Waals surface area contributed by atoms with Crippen molar-refractivity contribution in [3.8, 4) is 11.5 Å². The molecule has 0 aromatic heterocycles. The van der Waals surface area contributed by atoms with Crippen molar-refractivity contribution in [3.05, 3.63) is 24.3 Å². The zero-order chi connectivity index (χ0) is 35.6. The summed E-state index contributed by atoms with van der Waals surface area (Å²) in [6.07, 6.45) is 9.14. The first kappa shape index (κ1) is 37.3. The van der Waals surface area contributed by atoms with Crippen LogP contribution in [0, 0.1) is 35.5 Å². The minimum absolute atomic E-state index is 0.127. The van der Waals surface area contributed by atoms with Gasteiger partial charge in [-0.2, -0.15) is 0 Å². The Labute approximate surface area is 293 Å². The third kappa shape index (κ3) is 10.1. The molecule has 0 aliphatic heterocycles. The Hall–Kier alpha value is -3.96. The molecule has 4 aliphatic carbocycles. The molecular weight excluding hydrogens is 648 g/mol. The van der Waals surface area contributed by atoms with Crippen molar-refractivity contribution in [2.75, 3.05) is 14.2 Å². The van der Waals surface area contributed by atoms with Crippen molar-refractivity contribution in [2.45, 2.75) is 115 Å². The van der Waals surface area contributed by atoms with Gasteiger partial charge in [-0.1, -0.05) is 0 Å². The van der Waals surface area contributed by atoms with Gasteiger partial charge < -0.3 is 28.4 Å². The number of carbonyl (C=O) groups excluding carboxylic acids is 6. The van der Waals surface area contributed by atoms with Crippen LogP contribution in [0.25, 0.3) is 0 Å². The number of methoxy groups -OCH3 is 2. The normalized spacial score (nSPS) is 29.8. The molecule has 5 rings (SSSR count). The number of benzene rings is 1. The number of ether oxygens (including phenoxy) is 6. The number of rotatable bonds is 10. The molecule has 0 spiro atoms. The number of carbonyl (C=O) groups is 6. The molecule has 0 N–H and O–H groups in total. The van der Waals surface area contributed by atoms with Crippen LogP contribution in [-0.2, 0) is 47.7 Å². The first-order valence-electron chi connectivity index (χ1n) is 18.2. The van der Waals surface area contributed by atoms with Crippen LogP contribution in [0.5, 0.6) is 11.5 Å². The van der Waals surface area contributed by atoms with Crippen LogP contribution in [0.4, 0.5) is 0 Å². The van der Waals surface area contributed by atoms with Gasteiger partial charge in [-0.15, -0.1) is 0 Å². The van der Waals surface area contributed by atoms with Crippen molar-refractivity contribution in [3.63, 3.8) is 0 Å². The Bertz CT molecular complexity index is 1240. The average molecular weight is 699 g/mol. The molecule has 4 saturated carbocycles. The summed E-state index contributed by atoms with van der Waals surface area (Å²) in [6, 6.07) is 6.35. The Balaban J connectivity index is 0.967. The van der Waals surface area contributed by atoms with Gasteiger partial charge in [0.05, 0.1) is 49.7 Å². The van der Waals surface area contributed by atoms with Crippen LogP contribution in [-0.4, -0.2) is 62.2 Å². The third-order valence-corrected chi connectivity index (χ3v) is 11.0. The topological polar surface area (TPSA) is 158 Å². The molecule has 0 unspecified atom stereocenters. The second-order valence-electron chi connectivity index (χ2n) is 14.3. The van der Waals surface area contributed by atoms with E-state index in [4.69, 9.17) is 28.4 Å². The number of esters is 6. The molecule has 0 bridgehead atoms. The van der Waals surface area contributed by atoms with Crippen LogP contribution in [0.3, 0.4) is 0 Å². The van der Waals surface area contributed by atoms with Crippen LogP contribution >= 0.6 is 0 Å². The first-order valence-corrected chi connectivity index (χ1v) is 18.2. The zero-order valence-electron chi connectivity index (χ0n) is 29.1. The van der Waals surface area contributed by atoms with Gasteiger partial charge in [0, 0.05) is 0 Å². The fraction of sp³-hybridized carbons (Fsp3) is 0.684. The highest BCUT2D eigenvalue weighted by molar-refractivity contribution is 5.78. The van der Waals surface area contributed by atoms with E-state index in [0.717, 1.165) is 0 Å². The van der Waals surface area contributed by atoms with Crippen LogP contribution in [0.1, 0.15) is 103 Å². The quantitative estimate of drug-likeness (QED) is 0.168. The molecule has 0 radical (unpaired) electrons. The molecule has 12 nitrogen and oxygen atoms in total. The molecule has 4 aliphatic rings. The molecule has 4 fully saturated rings. The van der Waals surface area contributed by atoms with Crippen molar-refractivity contribution < 1.29 is 57.2 Å². The van der Waals surface area contributed by atoms with E-state index in [1.165, 1.54) is 14.2 Å². The summed E-state index contributed by atoms with van der Waals surface area (Å²) in [4.78, 5) is 74.7. The van der Waals surface area contributed by atoms with Gasteiger partial charge >= 0.3 is 35.8 Å². The lowest BCUT2D eigenvalue weighted by Gasteiger charge is -2.30. The first-order chi connectivity index (χ1) is 24.1. The molecule has 1 aromatic rings. The van der Waals surface area contributed by atoms with Crippen molar-refractivity contribution >= 4 is 35.8 Å². The molecule has 12 heteroatoms. The molecule has 50 heavy (non-hydrogen) atoms. The second kappa shape index (κ2) is 17.8. The van der Waals surface area contributed by atoms with E-state index in [0.29, 0.717) is 114 Å². The van der Waals surface area contributed by atoms with Crippen molar-refractivity contribution in [1.82, 2.24) is 0 Å². The summed E-state index contributed by atoms with van der Waals surface area (Å²) in [5, 5.41) is 0. The average Bonchev–Trinajstić information content (AvgIpc) is 3.15. The predicted molar refractivity (Wildman–Crippen MR) is 176 cm³/mol. The van der Waals surface area contributed by atoms with Crippen molar-refractivity contribution in [2.24, 2.45) is 35.5 Å². The van der Waals surface area contributed by atoms with E-state index in [9.17, 15) is 28.8 Å². The standard InChI is InChI=1S/C38H50O12/c1-45-33(39)23-11-15-29(16-12-23)47-35(41)25-3-7-27(8-4-25)37(43)49-31-19-21-32(22-20-31)50-38(44)28-9-5-26(6-10-28)36(42)48-30-17-13-24(14-18-30)34(40)46-2/h19-30H,3-18H2,1-2H3. The summed E-state index contributed by atoms with van der Waals surface area (Å²) in [5.74, 6) is -2.29. The fourth-order valence-electron chi connectivity index (χ4n) is 7.79. The zero-order valence-corrected chi connectivity index (χ0v) is 29.1. The lowest BCUT2D eigenvalue weighted by Crippen LogP contribution is -2.33. The van der Waals surface area contributed by atoms with Crippen LogP contribution < -0.4 is 9.47 Å². The van der Waals surface area contributed by atoms with Gasteiger partial charge in [-0.05, 0) is 127 Å². The molecule has 274 valence electrons. The van der Waals surface area contributed by atoms with E-state index in [1.807, 2.05) is 0 Å². The third-order valence-electron chi connectivity index (χ3n) is 11.0. The summed E-state index contributed by atoms with van der Waals surface area (Å²) in [5.41, 5.74) is 0. The Morgan fingerprint density at radius 3 is 0.900 bits per heavy atom. The Morgan fingerprint density at radius 2 is 0.620 bits per heavy atom. The fourth-order valence-corrected chi connectivity index (χ4v) is 7.79. The Kier molecular flexibility index (Phi) is 13.3. The largest absolute Gasteiger partial charge is 0.469 e. The minimum Gasteiger partial charge on any atom is -0.469 e. The predicted octanol–water partition coefficient (Wildman–Crippen LogP) is 5.66. The van der Waals surface area contributed by atoms with Crippen molar-refractivity contribution in [1.29, 1.82) is 0 Å².